The van der Waals surface area contributed by atoms with Crippen molar-refractivity contribution in [3.63, 3.8) is 0 Å². The van der Waals surface area contributed by atoms with E-state index in [-0.39, 0.29) is 24.2 Å². The van der Waals surface area contributed by atoms with Crippen LogP contribution in [-0.2, 0) is 6.54 Å². The Bertz CT molecular complexity index is 1300. The molecule has 0 saturated carbocycles. The Hall–Kier alpha value is -4.08. The molecule has 4 rings (SSSR count). The summed E-state index contributed by atoms with van der Waals surface area (Å²) in [4.78, 5) is 42.2. The highest BCUT2D eigenvalue weighted by molar-refractivity contribution is 6.26. The molecule has 0 spiro atoms. The summed E-state index contributed by atoms with van der Waals surface area (Å²) in [6.07, 6.45) is 3.96. The molecule has 3 aromatic rings. The predicted octanol–water partition coefficient (Wildman–Crippen LogP) is 4.53. The molecule has 1 N–H and O–H groups in total. The van der Waals surface area contributed by atoms with Crippen molar-refractivity contribution in [1.82, 2.24) is 14.5 Å². The highest BCUT2D eigenvalue weighted by Crippen LogP contribution is 2.34. The molecule has 2 heterocycles. The smallest absolute Gasteiger partial charge is 0.343 e. The second kappa shape index (κ2) is 9.42. The van der Waals surface area contributed by atoms with Crippen molar-refractivity contribution in [3.8, 4) is 0 Å². The summed E-state index contributed by atoms with van der Waals surface area (Å²) < 4.78 is 1.47. The molecule has 0 unspecified atom stereocenters. The normalized spacial score (nSPS) is 13.6. The van der Waals surface area contributed by atoms with Gasteiger partial charge >= 0.3 is 5.82 Å². The Balaban J connectivity index is 1.63. The first-order valence-corrected chi connectivity index (χ1v) is 11.2. The van der Waals surface area contributed by atoms with Crippen LogP contribution in [0.15, 0.2) is 41.6 Å². The number of amides is 2. The number of nitro groups is 1. The number of hydrazone groups is 1. The Morgan fingerprint density at radius 2 is 1.88 bits per heavy atom. The van der Waals surface area contributed by atoms with E-state index in [9.17, 15) is 19.7 Å². The fraction of sp³-hybridized carbons (Fsp3) is 0.333. The van der Waals surface area contributed by atoms with Gasteiger partial charge in [0.2, 0.25) is 0 Å². The summed E-state index contributed by atoms with van der Waals surface area (Å²) in [7, 11) is 0. The van der Waals surface area contributed by atoms with Crippen molar-refractivity contribution in [1.29, 1.82) is 0 Å². The first-order chi connectivity index (χ1) is 16.3. The summed E-state index contributed by atoms with van der Waals surface area (Å²) in [5, 5.41) is 16.9. The lowest BCUT2D eigenvalue weighted by atomic mass is 9.93. The van der Waals surface area contributed by atoms with Crippen LogP contribution in [0.4, 0.5) is 11.5 Å². The second-order valence-electron chi connectivity index (χ2n) is 8.32. The number of imidazole rings is 1. The van der Waals surface area contributed by atoms with Crippen LogP contribution in [0.5, 0.6) is 0 Å². The summed E-state index contributed by atoms with van der Waals surface area (Å²) in [6, 6.07) is 8.85. The quantitative estimate of drug-likeness (QED) is 0.164. The zero-order chi connectivity index (χ0) is 24.4. The molecular formula is C24H26N6O4. The lowest BCUT2D eigenvalue weighted by molar-refractivity contribution is -0.392. The third-order valence-electron chi connectivity index (χ3n) is 5.95. The first kappa shape index (κ1) is 23.1. The van der Waals surface area contributed by atoms with Gasteiger partial charge in [-0.1, -0.05) is 31.9 Å². The lowest BCUT2D eigenvalue weighted by Crippen LogP contribution is -2.40. The molecule has 0 aliphatic carbocycles. The molecule has 1 aliphatic heterocycles. The fourth-order valence-corrected chi connectivity index (χ4v) is 4.18. The van der Waals surface area contributed by atoms with Crippen LogP contribution in [0.3, 0.4) is 0 Å². The number of hydrogen-bond acceptors (Lipinski definition) is 7. The number of carbonyl (C=O) groups is 2. The van der Waals surface area contributed by atoms with Crippen LogP contribution < -0.4 is 5.43 Å². The van der Waals surface area contributed by atoms with Crippen LogP contribution in [0.2, 0.25) is 0 Å². The molecule has 176 valence electrons. The van der Waals surface area contributed by atoms with Gasteiger partial charge in [0.1, 0.15) is 12.7 Å². The Morgan fingerprint density at radius 1 is 1.15 bits per heavy atom. The molecule has 2 aromatic carbocycles. The van der Waals surface area contributed by atoms with Gasteiger partial charge in [-0.25, -0.2) is 9.55 Å². The van der Waals surface area contributed by atoms with Crippen LogP contribution in [-0.4, -0.2) is 43.4 Å². The van der Waals surface area contributed by atoms with Gasteiger partial charge in [-0.15, -0.1) is 0 Å². The van der Waals surface area contributed by atoms with E-state index >= 15 is 0 Å². The lowest BCUT2D eigenvalue weighted by Gasteiger charge is -2.27. The molecule has 0 saturated heterocycles. The van der Waals surface area contributed by atoms with Crippen LogP contribution in [0.25, 0.3) is 10.8 Å². The number of imide groups is 1. The topological polar surface area (TPSA) is 123 Å². The number of rotatable bonds is 9. The van der Waals surface area contributed by atoms with Gasteiger partial charge in [-0.05, 0) is 36.5 Å². The highest BCUT2D eigenvalue weighted by atomic mass is 16.6. The molecule has 1 aromatic heterocycles. The van der Waals surface area contributed by atoms with Crippen LogP contribution in [0, 0.1) is 17.0 Å². The zero-order valence-corrected chi connectivity index (χ0v) is 19.4. The number of hydrogen-bond donors (Lipinski definition) is 1. The average molecular weight is 463 g/mol. The average Bonchev–Trinajstić information content (AvgIpc) is 3.18. The summed E-state index contributed by atoms with van der Waals surface area (Å²) in [6.45, 7) is 6.12. The Kier molecular flexibility index (Phi) is 6.40. The molecule has 2 amide bonds. The maximum absolute atomic E-state index is 13.1. The van der Waals surface area contributed by atoms with Crippen molar-refractivity contribution >= 4 is 39.8 Å². The SMILES string of the molecule is CCCCCN1C(=O)c2cccc3c(N/N=C(\C)Cn4c([N+](=O)[O-])cnc4C)ccc(c23)C1=O. The van der Waals surface area contributed by atoms with Gasteiger partial charge in [-0.2, -0.15) is 5.10 Å². The number of carbonyl (C=O) groups excluding carboxylic acids is 2. The number of nitrogens with one attached hydrogen (secondary N) is 1. The molecular weight excluding hydrogens is 436 g/mol. The highest BCUT2D eigenvalue weighted by Gasteiger charge is 2.32. The molecule has 10 heteroatoms. The third-order valence-corrected chi connectivity index (χ3v) is 5.95. The van der Waals surface area contributed by atoms with Crippen molar-refractivity contribution < 1.29 is 14.5 Å². The number of aromatic nitrogens is 2. The predicted molar refractivity (Wildman–Crippen MR) is 129 cm³/mol. The Morgan fingerprint density at radius 3 is 2.59 bits per heavy atom. The zero-order valence-electron chi connectivity index (χ0n) is 19.4. The molecule has 0 fully saturated rings. The monoisotopic (exact) mass is 462 g/mol. The Labute approximate surface area is 196 Å². The first-order valence-electron chi connectivity index (χ1n) is 11.2. The van der Waals surface area contributed by atoms with Gasteiger partial charge in [-0.3, -0.25) is 19.9 Å². The summed E-state index contributed by atoms with van der Waals surface area (Å²) in [5.41, 5.74) is 5.23. The second-order valence-corrected chi connectivity index (χ2v) is 8.32. The molecule has 0 atom stereocenters. The van der Waals surface area contributed by atoms with E-state index < -0.39 is 4.92 Å². The minimum atomic E-state index is -0.480. The van der Waals surface area contributed by atoms with Gasteiger partial charge in [0.05, 0.1) is 11.4 Å². The molecule has 1 aliphatic rings. The van der Waals surface area contributed by atoms with E-state index in [0.29, 0.717) is 45.7 Å². The van der Waals surface area contributed by atoms with Crippen molar-refractivity contribution in [2.45, 2.75) is 46.6 Å². The maximum Gasteiger partial charge on any atom is 0.343 e. The number of unbranched alkanes of at least 4 members (excludes halogenated alkanes) is 2. The number of nitrogens with zero attached hydrogens (tertiary/aromatic N) is 5. The largest absolute Gasteiger partial charge is 0.358 e. The van der Waals surface area contributed by atoms with Crippen molar-refractivity contribution in [3.05, 3.63) is 63.6 Å². The van der Waals surface area contributed by atoms with Gasteiger partial charge in [0.15, 0.2) is 5.82 Å². The molecule has 10 nitrogen and oxygen atoms in total. The molecule has 34 heavy (non-hydrogen) atoms. The van der Waals surface area contributed by atoms with E-state index in [4.69, 9.17) is 0 Å². The number of benzene rings is 2. The van der Waals surface area contributed by atoms with Crippen molar-refractivity contribution in [2.75, 3.05) is 12.0 Å². The van der Waals surface area contributed by atoms with E-state index in [2.05, 4.69) is 22.4 Å². The fourth-order valence-electron chi connectivity index (χ4n) is 4.18. The summed E-state index contributed by atoms with van der Waals surface area (Å²) in [5.74, 6) is -0.143. The third kappa shape index (κ3) is 4.14. The standard InChI is InChI=1S/C24H26N6O4/c1-4-5-6-12-28-23(31)18-9-7-8-17-20(11-10-19(22(17)18)24(28)32)27-26-15(2)14-29-16(3)25-13-21(29)30(33)34/h7-11,13,27H,4-6,12,14H2,1-3H3/b26-15+. The van der Waals surface area contributed by atoms with Crippen LogP contribution in [0.1, 0.15) is 59.7 Å². The number of aryl methyl sites for hydroxylation is 1. The van der Waals surface area contributed by atoms with E-state index in [0.717, 1.165) is 19.3 Å². The molecule has 0 bridgehead atoms. The molecule has 0 radical (unpaired) electrons. The maximum atomic E-state index is 13.1. The van der Waals surface area contributed by atoms with E-state index in [1.807, 2.05) is 6.07 Å². The van der Waals surface area contributed by atoms with Gasteiger partial charge in [0.25, 0.3) is 11.8 Å². The van der Waals surface area contributed by atoms with Crippen molar-refractivity contribution in [2.24, 2.45) is 5.10 Å². The van der Waals surface area contributed by atoms with Gasteiger partial charge in [0, 0.05) is 35.4 Å². The van der Waals surface area contributed by atoms with E-state index in [1.54, 1.807) is 38.1 Å². The number of anilines is 1. The van der Waals surface area contributed by atoms with Crippen LogP contribution >= 0.6 is 0 Å². The minimum absolute atomic E-state index is 0.103. The van der Waals surface area contributed by atoms with Gasteiger partial charge < -0.3 is 10.1 Å². The summed E-state index contributed by atoms with van der Waals surface area (Å²) >= 11 is 0. The minimum Gasteiger partial charge on any atom is -0.358 e. The van der Waals surface area contributed by atoms with E-state index in [1.165, 1.54) is 15.7 Å².